The molecule has 3 rings (SSSR count). The predicted molar refractivity (Wildman–Crippen MR) is 104 cm³/mol. The summed E-state index contributed by atoms with van der Waals surface area (Å²) in [6, 6.07) is 8.51. The summed E-state index contributed by atoms with van der Waals surface area (Å²) in [6.45, 7) is 3.43. The van der Waals surface area contributed by atoms with E-state index in [4.69, 9.17) is 0 Å². The van der Waals surface area contributed by atoms with E-state index in [1.54, 1.807) is 0 Å². The number of halogens is 4. The summed E-state index contributed by atoms with van der Waals surface area (Å²) in [6.07, 6.45) is -4.48. The zero-order valence-electron chi connectivity index (χ0n) is 16.0. The Kier molecular flexibility index (Phi) is 5.91. The Morgan fingerprint density at radius 2 is 1.90 bits per heavy atom. The molecule has 0 spiro atoms. The highest BCUT2D eigenvalue weighted by atomic mass is 19.4. The summed E-state index contributed by atoms with van der Waals surface area (Å²) >= 11 is 0. The molecule has 0 aromatic heterocycles. The van der Waals surface area contributed by atoms with Gasteiger partial charge in [0.05, 0.1) is 12.1 Å². The topological polar surface area (TPSA) is 61.8 Å². The lowest BCUT2D eigenvalue weighted by atomic mass is 9.87. The van der Waals surface area contributed by atoms with Gasteiger partial charge >= 0.3 is 6.18 Å². The molecule has 2 aromatic carbocycles. The number of carbonyl (C=O) groups is 2. The van der Waals surface area contributed by atoms with E-state index in [0.717, 1.165) is 12.1 Å². The van der Waals surface area contributed by atoms with Crippen LogP contribution in [0, 0.1) is 11.7 Å². The smallest absolute Gasteiger partial charge is 0.344 e. The van der Waals surface area contributed by atoms with Crippen molar-refractivity contribution in [2.45, 2.75) is 18.6 Å². The minimum atomic E-state index is -4.48. The second-order valence-electron chi connectivity index (χ2n) is 7.06. The highest BCUT2D eigenvalue weighted by molar-refractivity contribution is 6.08. The summed E-state index contributed by atoms with van der Waals surface area (Å²) in [5, 5.41) is 2.57. The molecule has 0 bridgehead atoms. The van der Waals surface area contributed by atoms with Gasteiger partial charge in [0.15, 0.2) is 0 Å². The lowest BCUT2D eigenvalue weighted by Gasteiger charge is -2.19. The molecule has 0 aliphatic carbocycles. The van der Waals surface area contributed by atoms with Gasteiger partial charge in [-0.3, -0.25) is 14.6 Å². The van der Waals surface area contributed by atoms with Gasteiger partial charge in [0, 0.05) is 30.8 Å². The molecule has 0 radical (unpaired) electrons. The monoisotopic (exact) mass is 421 g/mol. The summed E-state index contributed by atoms with van der Waals surface area (Å²) in [7, 11) is 1.52. The number of benzene rings is 2. The number of amides is 2. The fourth-order valence-corrected chi connectivity index (χ4v) is 3.57. The molecule has 1 saturated heterocycles. The van der Waals surface area contributed by atoms with Crippen molar-refractivity contribution in [3.63, 3.8) is 0 Å². The molecule has 2 aromatic rings. The molecule has 2 atom stereocenters. The Hall–Kier alpha value is -3.23. The molecule has 30 heavy (non-hydrogen) atoms. The Balaban J connectivity index is 1.89. The standard InChI is InChI=1S/C21H19F4N3O2/c1-26-10-14-16(22)4-3-5-17(14)27-19(29)18-15(11-28(2)20(18)30)12-6-8-13(9-7-12)21(23,24)25/h3-9,15,18H,1,10-11H2,2H3,(H,27,29)/t15-,18+/m1/s1. The molecular weight excluding hydrogens is 402 g/mol. The van der Waals surface area contributed by atoms with Crippen molar-refractivity contribution in [3.05, 3.63) is 65.0 Å². The van der Waals surface area contributed by atoms with Gasteiger partial charge in [0.25, 0.3) is 0 Å². The van der Waals surface area contributed by atoms with E-state index in [-0.39, 0.29) is 24.3 Å². The van der Waals surface area contributed by atoms with Crippen LogP contribution in [-0.4, -0.2) is 37.0 Å². The Bertz CT molecular complexity index is 973. The first kappa shape index (κ1) is 21.5. The average molecular weight is 421 g/mol. The van der Waals surface area contributed by atoms with Crippen molar-refractivity contribution in [1.82, 2.24) is 4.90 Å². The van der Waals surface area contributed by atoms with E-state index >= 15 is 0 Å². The number of nitrogens with one attached hydrogen (secondary N) is 1. The van der Waals surface area contributed by atoms with Gasteiger partial charge in [0.1, 0.15) is 11.7 Å². The van der Waals surface area contributed by atoms with Gasteiger partial charge < -0.3 is 10.2 Å². The van der Waals surface area contributed by atoms with Crippen molar-refractivity contribution < 1.29 is 27.2 Å². The highest BCUT2D eigenvalue weighted by Gasteiger charge is 2.44. The molecule has 0 saturated carbocycles. The molecule has 1 aliphatic heterocycles. The molecule has 1 heterocycles. The van der Waals surface area contributed by atoms with Crippen molar-refractivity contribution in [1.29, 1.82) is 0 Å². The molecule has 5 nitrogen and oxygen atoms in total. The van der Waals surface area contributed by atoms with E-state index in [2.05, 4.69) is 17.0 Å². The number of anilines is 1. The Morgan fingerprint density at radius 3 is 2.50 bits per heavy atom. The summed E-state index contributed by atoms with van der Waals surface area (Å²) in [5.74, 6) is -3.49. The zero-order chi connectivity index (χ0) is 22.1. The lowest BCUT2D eigenvalue weighted by Crippen LogP contribution is -2.33. The number of nitrogens with zero attached hydrogens (tertiary/aromatic N) is 2. The normalized spacial score (nSPS) is 19.1. The third kappa shape index (κ3) is 4.19. The number of alkyl halides is 3. The second kappa shape index (κ2) is 8.25. The zero-order valence-corrected chi connectivity index (χ0v) is 16.0. The van der Waals surface area contributed by atoms with E-state index < -0.39 is 41.2 Å². The van der Waals surface area contributed by atoms with Crippen LogP contribution < -0.4 is 5.32 Å². The van der Waals surface area contributed by atoms with Gasteiger partial charge in [-0.2, -0.15) is 13.2 Å². The number of rotatable bonds is 5. The minimum Gasteiger partial charge on any atom is -0.344 e. The fourth-order valence-electron chi connectivity index (χ4n) is 3.57. The quantitative estimate of drug-likeness (QED) is 0.453. The maximum Gasteiger partial charge on any atom is 0.416 e. The number of hydrogen-bond acceptors (Lipinski definition) is 3. The number of hydrogen-bond donors (Lipinski definition) is 1. The van der Waals surface area contributed by atoms with Crippen molar-refractivity contribution in [2.24, 2.45) is 10.9 Å². The molecule has 0 unspecified atom stereocenters. The second-order valence-corrected chi connectivity index (χ2v) is 7.06. The van der Waals surface area contributed by atoms with Crippen LogP contribution >= 0.6 is 0 Å². The van der Waals surface area contributed by atoms with E-state index in [9.17, 15) is 27.2 Å². The van der Waals surface area contributed by atoms with Gasteiger partial charge in [-0.1, -0.05) is 18.2 Å². The van der Waals surface area contributed by atoms with Gasteiger partial charge in [-0.25, -0.2) is 4.39 Å². The minimum absolute atomic E-state index is 0.0663. The van der Waals surface area contributed by atoms with Gasteiger partial charge in [0.2, 0.25) is 11.8 Å². The van der Waals surface area contributed by atoms with Crippen molar-refractivity contribution in [2.75, 3.05) is 18.9 Å². The van der Waals surface area contributed by atoms with Crippen LogP contribution in [0.2, 0.25) is 0 Å². The van der Waals surface area contributed by atoms with E-state index in [1.165, 1.54) is 42.3 Å². The SMILES string of the molecule is C=NCc1c(F)cccc1NC(=O)[C@H]1C(=O)N(C)C[C@@H]1c1ccc(C(F)(F)F)cc1. The van der Waals surface area contributed by atoms with Crippen molar-refractivity contribution >= 4 is 24.2 Å². The van der Waals surface area contributed by atoms with Crippen LogP contribution in [0.3, 0.4) is 0 Å². The molecule has 1 N–H and O–H groups in total. The highest BCUT2D eigenvalue weighted by Crippen LogP contribution is 2.36. The largest absolute Gasteiger partial charge is 0.416 e. The molecule has 1 aliphatic rings. The maximum absolute atomic E-state index is 14.1. The van der Waals surface area contributed by atoms with Crippen LogP contribution in [0.4, 0.5) is 23.2 Å². The summed E-state index contributed by atoms with van der Waals surface area (Å²) < 4.78 is 52.6. The van der Waals surface area contributed by atoms with Crippen LogP contribution in [0.25, 0.3) is 0 Å². The first-order valence-corrected chi connectivity index (χ1v) is 9.06. The van der Waals surface area contributed by atoms with Gasteiger partial charge in [-0.15, -0.1) is 0 Å². The van der Waals surface area contributed by atoms with Crippen LogP contribution in [0.15, 0.2) is 47.5 Å². The first-order chi connectivity index (χ1) is 14.1. The van der Waals surface area contributed by atoms with E-state index in [1.807, 2.05) is 0 Å². The average Bonchev–Trinajstić information content (AvgIpc) is 2.99. The lowest BCUT2D eigenvalue weighted by molar-refractivity contribution is -0.138. The number of likely N-dealkylation sites (N-methyl/N-ethyl adjacent to an activating group) is 1. The number of aliphatic imine (C=N–C) groups is 1. The van der Waals surface area contributed by atoms with Crippen LogP contribution in [-0.2, 0) is 22.3 Å². The van der Waals surface area contributed by atoms with Crippen molar-refractivity contribution in [3.8, 4) is 0 Å². The predicted octanol–water partition coefficient (Wildman–Crippen LogP) is 3.86. The first-order valence-electron chi connectivity index (χ1n) is 9.06. The van der Waals surface area contributed by atoms with E-state index in [0.29, 0.717) is 5.56 Å². The molecule has 2 amide bonds. The molecule has 9 heteroatoms. The maximum atomic E-state index is 14.1. The third-order valence-corrected chi connectivity index (χ3v) is 5.11. The number of likely N-dealkylation sites (tertiary alicyclic amines) is 1. The number of carbonyl (C=O) groups excluding carboxylic acids is 2. The Morgan fingerprint density at radius 1 is 1.23 bits per heavy atom. The summed E-state index contributed by atoms with van der Waals surface area (Å²) in [5.41, 5.74) is -0.0778. The molecule has 1 fully saturated rings. The van der Waals surface area contributed by atoms with Crippen LogP contribution in [0.1, 0.15) is 22.6 Å². The molecular formula is C21H19F4N3O2. The fraction of sp³-hybridized carbons (Fsp3) is 0.286. The third-order valence-electron chi connectivity index (χ3n) is 5.11. The molecule has 158 valence electrons. The summed E-state index contributed by atoms with van der Waals surface area (Å²) in [4.78, 5) is 30.5. The van der Waals surface area contributed by atoms with Crippen LogP contribution in [0.5, 0.6) is 0 Å². The Labute approximate surface area is 170 Å². The van der Waals surface area contributed by atoms with Gasteiger partial charge in [-0.05, 0) is 36.5 Å².